The molecule has 2 aromatic rings. The number of ketones is 1. The van der Waals surface area contributed by atoms with Crippen LogP contribution in [0.25, 0.3) is 0 Å². The third kappa shape index (κ3) is 8.28. The number of pyridine rings is 2. The summed E-state index contributed by atoms with van der Waals surface area (Å²) in [5.74, 6) is -0.193. The van der Waals surface area contributed by atoms with Gasteiger partial charge in [-0.15, -0.1) is 0 Å². The van der Waals surface area contributed by atoms with Gasteiger partial charge in [-0.2, -0.15) is 13.2 Å². The van der Waals surface area contributed by atoms with Gasteiger partial charge in [-0.25, -0.2) is 4.98 Å². The van der Waals surface area contributed by atoms with Crippen molar-refractivity contribution in [2.45, 2.75) is 39.4 Å². The van der Waals surface area contributed by atoms with Gasteiger partial charge in [0.05, 0.1) is 0 Å². The highest BCUT2D eigenvalue weighted by Crippen LogP contribution is 2.17. The molecule has 2 heterocycles. The number of nitrogens with one attached hydrogen (secondary N) is 1. The van der Waals surface area contributed by atoms with Crippen LogP contribution in [0.1, 0.15) is 41.9 Å². The average molecular weight is 409 g/mol. The number of hydrogen-bond donors (Lipinski definition) is 1. The van der Waals surface area contributed by atoms with Crippen molar-refractivity contribution in [1.82, 2.24) is 15.3 Å². The molecule has 0 spiro atoms. The number of carbonyl (C=O) groups is 2. The molecule has 0 unspecified atom stereocenters. The van der Waals surface area contributed by atoms with Crippen molar-refractivity contribution in [3.05, 3.63) is 53.5 Å². The van der Waals surface area contributed by atoms with Crippen LogP contribution in [0.4, 0.5) is 13.2 Å². The first-order valence-corrected chi connectivity index (χ1v) is 9.01. The SMILES string of the molecule is CC(C)CC(=O)Cc1cc(C(=O)NCc2ccc(OCC(F)(F)F)nc2)ccn1. The third-order valence-corrected chi connectivity index (χ3v) is 3.73. The minimum atomic E-state index is -4.43. The largest absolute Gasteiger partial charge is 0.468 e. The van der Waals surface area contributed by atoms with Gasteiger partial charge in [-0.1, -0.05) is 19.9 Å². The van der Waals surface area contributed by atoms with E-state index in [0.717, 1.165) is 0 Å². The summed E-state index contributed by atoms with van der Waals surface area (Å²) in [6.45, 7) is 2.63. The van der Waals surface area contributed by atoms with Gasteiger partial charge < -0.3 is 10.1 Å². The summed E-state index contributed by atoms with van der Waals surface area (Å²) >= 11 is 0. The van der Waals surface area contributed by atoms with Crippen LogP contribution >= 0.6 is 0 Å². The lowest BCUT2D eigenvalue weighted by Crippen LogP contribution is -2.23. The van der Waals surface area contributed by atoms with E-state index in [4.69, 9.17) is 0 Å². The van der Waals surface area contributed by atoms with Crippen LogP contribution < -0.4 is 10.1 Å². The summed E-state index contributed by atoms with van der Waals surface area (Å²) in [6.07, 6.45) is -1.01. The van der Waals surface area contributed by atoms with Crippen LogP contribution in [-0.4, -0.2) is 34.4 Å². The zero-order valence-corrected chi connectivity index (χ0v) is 16.1. The van der Waals surface area contributed by atoms with E-state index in [1.54, 1.807) is 6.07 Å². The summed E-state index contributed by atoms with van der Waals surface area (Å²) in [5, 5.41) is 2.69. The van der Waals surface area contributed by atoms with Crippen molar-refractivity contribution in [2.75, 3.05) is 6.61 Å². The fourth-order valence-electron chi connectivity index (χ4n) is 2.49. The number of aromatic nitrogens is 2. The lowest BCUT2D eigenvalue weighted by Gasteiger charge is -2.09. The number of nitrogens with zero attached hydrogens (tertiary/aromatic N) is 2. The summed E-state index contributed by atoms with van der Waals surface area (Å²) in [6, 6.07) is 5.93. The Hall–Kier alpha value is -2.97. The standard InChI is InChI=1S/C20H22F3N3O3/c1-13(2)7-17(27)9-16-8-15(5-6-24-16)19(28)26-11-14-3-4-18(25-10-14)29-12-20(21,22)23/h3-6,8,10,13H,7,9,11-12H2,1-2H3,(H,26,28). The van der Waals surface area contributed by atoms with Gasteiger partial charge in [0.25, 0.3) is 5.91 Å². The minimum Gasteiger partial charge on any atom is -0.468 e. The normalized spacial score (nSPS) is 11.4. The Bertz CT molecular complexity index is 837. The van der Waals surface area contributed by atoms with Crippen LogP contribution in [0, 0.1) is 5.92 Å². The van der Waals surface area contributed by atoms with E-state index in [9.17, 15) is 22.8 Å². The number of amides is 1. The maximum Gasteiger partial charge on any atom is 0.422 e. The van der Waals surface area contributed by atoms with Gasteiger partial charge in [0.2, 0.25) is 5.88 Å². The van der Waals surface area contributed by atoms with Gasteiger partial charge in [0.15, 0.2) is 6.61 Å². The number of rotatable bonds is 9. The van der Waals surface area contributed by atoms with Crippen LogP contribution in [0.15, 0.2) is 36.7 Å². The molecule has 9 heteroatoms. The monoisotopic (exact) mass is 409 g/mol. The van der Waals surface area contributed by atoms with E-state index >= 15 is 0 Å². The molecule has 0 aliphatic heterocycles. The highest BCUT2D eigenvalue weighted by molar-refractivity contribution is 5.94. The summed E-state index contributed by atoms with van der Waals surface area (Å²) in [7, 11) is 0. The van der Waals surface area contributed by atoms with E-state index in [-0.39, 0.29) is 36.5 Å². The van der Waals surface area contributed by atoms with Crippen molar-refractivity contribution < 1.29 is 27.5 Å². The molecule has 2 rings (SSSR count). The maximum absolute atomic E-state index is 12.3. The number of Topliss-reactive ketones (excluding diaryl/α,β-unsaturated/α-hetero) is 1. The Kier molecular flexibility index (Phi) is 7.69. The molecular weight excluding hydrogens is 387 g/mol. The van der Waals surface area contributed by atoms with Crippen molar-refractivity contribution in [3.8, 4) is 5.88 Å². The number of halogens is 3. The summed E-state index contributed by atoms with van der Waals surface area (Å²) in [5.41, 5.74) is 1.49. The average Bonchev–Trinajstić information content (AvgIpc) is 2.64. The van der Waals surface area contributed by atoms with Gasteiger partial charge in [-0.3, -0.25) is 14.6 Å². The van der Waals surface area contributed by atoms with Crippen LogP contribution in [0.3, 0.4) is 0 Å². The van der Waals surface area contributed by atoms with E-state index in [1.165, 1.54) is 30.6 Å². The predicted octanol–water partition coefficient (Wildman–Crippen LogP) is 3.51. The molecule has 1 amide bonds. The van der Waals surface area contributed by atoms with E-state index in [1.807, 2.05) is 13.8 Å². The Morgan fingerprint density at radius 3 is 2.55 bits per heavy atom. The van der Waals surface area contributed by atoms with E-state index in [0.29, 0.717) is 23.2 Å². The molecule has 0 fully saturated rings. The molecule has 0 radical (unpaired) electrons. The Morgan fingerprint density at radius 2 is 1.93 bits per heavy atom. The highest BCUT2D eigenvalue weighted by Gasteiger charge is 2.28. The second-order valence-corrected chi connectivity index (χ2v) is 6.94. The first kappa shape index (κ1) is 22.3. The van der Waals surface area contributed by atoms with Crippen LogP contribution in [0.2, 0.25) is 0 Å². The number of hydrogen-bond acceptors (Lipinski definition) is 5. The molecule has 29 heavy (non-hydrogen) atoms. The van der Waals surface area contributed by atoms with E-state index in [2.05, 4.69) is 20.0 Å². The fourth-order valence-corrected chi connectivity index (χ4v) is 2.49. The van der Waals surface area contributed by atoms with Gasteiger partial charge in [0, 0.05) is 49.1 Å². The maximum atomic E-state index is 12.3. The van der Waals surface area contributed by atoms with Crippen molar-refractivity contribution in [3.63, 3.8) is 0 Å². The highest BCUT2D eigenvalue weighted by atomic mass is 19.4. The van der Waals surface area contributed by atoms with Crippen LogP contribution in [0.5, 0.6) is 5.88 Å². The number of ether oxygens (including phenoxy) is 1. The molecule has 156 valence electrons. The summed E-state index contributed by atoms with van der Waals surface area (Å²) < 4.78 is 40.9. The molecule has 0 bridgehead atoms. The molecule has 6 nitrogen and oxygen atoms in total. The van der Waals surface area contributed by atoms with Crippen molar-refractivity contribution in [2.24, 2.45) is 5.92 Å². The smallest absolute Gasteiger partial charge is 0.422 e. The Labute approximate surface area is 166 Å². The van der Waals surface area contributed by atoms with Crippen molar-refractivity contribution >= 4 is 11.7 Å². The summed E-state index contributed by atoms with van der Waals surface area (Å²) in [4.78, 5) is 32.2. The number of carbonyl (C=O) groups excluding carboxylic acids is 2. The Balaban J connectivity index is 1.89. The zero-order chi connectivity index (χ0) is 21.4. The van der Waals surface area contributed by atoms with Gasteiger partial charge in [0.1, 0.15) is 5.78 Å². The predicted molar refractivity (Wildman–Crippen MR) is 99.4 cm³/mol. The second kappa shape index (κ2) is 9.99. The minimum absolute atomic E-state index is 0.0592. The zero-order valence-electron chi connectivity index (χ0n) is 16.1. The topological polar surface area (TPSA) is 81.2 Å². The lowest BCUT2D eigenvalue weighted by atomic mass is 10.0. The first-order chi connectivity index (χ1) is 13.6. The molecule has 0 saturated carbocycles. The molecule has 1 N–H and O–H groups in total. The molecule has 0 aromatic carbocycles. The number of alkyl halides is 3. The van der Waals surface area contributed by atoms with Crippen LogP contribution in [-0.2, 0) is 17.8 Å². The third-order valence-electron chi connectivity index (χ3n) is 3.73. The van der Waals surface area contributed by atoms with Gasteiger partial charge >= 0.3 is 6.18 Å². The molecular formula is C20H22F3N3O3. The van der Waals surface area contributed by atoms with Crippen molar-refractivity contribution in [1.29, 1.82) is 0 Å². The molecule has 0 aliphatic rings. The Morgan fingerprint density at radius 1 is 1.17 bits per heavy atom. The molecule has 0 saturated heterocycles. The fraction of sp³-hybridized carbons (Fsp3) is 0.400. The first-order valence-electron chi connectivity index (χ1n) is 9.01. The molecule has 2 aromatic heterocycles. The second-order valence-electron chi connectivity index (χ2n) is 6.94. The van der Waals surface area contributed by atoms with E-state index < -0.39 is 12.8 Å². The molecule has 0 atom stereocenters. The van der Waals surface area contributed by atoms with Gasteiger partial charge in [-0.05, 0) is 23.6 Å². The quantitative estimate of drug-likeness (QED) is 0.686. The molecule has 0 aliphatic carbocycles. The lowest BCUT2D eigenvalue weighted by molar-refractivity contribution is -0.154.